The monoisotopic (exact) mass is 467 g/mol. The van der Waals surface area contributed by atoms with E-state index in [0.29, 0.717) is 17.9 Å². The number of hydrogen-bond acceptors (Lipinski definition) is 5. The number of nitrogens with zero attached hydrogens (tertiary/aromatic N) is 2. The summed E-state index contributed by atoms with van der Waals surface area (Å²) in [5.74, 6) is 0.368. The summed E-state index contributed by atoms with van der Waals surface area (Å²) in [6.45, 7) is 2.63. The molecule has 1 aliphatic rings. The fraction of sp³-hybridized carbons (Fsp3) is 0.320. The normalized spacial score (nSPS) is 14.3. The van der Waals surface area contributed by atoms with Crippen LogP contribution in [0.3, 0.4) is 0 Å². The van der Waals surface area contributed by atoms with Crippen molar-refractivity contribution in [2.75, 3.05) is 25.0 Å². The molecule has 0 spiro atoms. The quantitative estimate of drug-likeness (QED) is 0.541. The van der Waals surface area contributed by atoms with Crippen LogP contribution < -0.4 is 9.62 Å². The van der Waals surface area contributed by atoms with Gasteiger partial charge in [-0.2, -0.15) is 0 Å². The first-order chi connectivity index (χ1) is 15.9. The van der Waals surface area contributed by atoms with E-state index in [2.05, 4.69) is 21.8 Å². The molecule has 1 amide bonds. The first-order valence-electron chi connectivity index (χ1n) is 11.1. The van der Waals surface area contributed by atoms with E-state index in [9.17, 15) is 13.2 Å². The highest BCUT2D eigenvalue weighted by atomic mass is 32.2. The molecule has 1 N–H and O–H groups in total. The van der Waals surface area contributed by atoms with E-state index >= 15 is 0 Å². The minimum atomic E-state index is -3.71. The van der Waals surface area contributed by atoms with E-state index in [1.807, 2.05) is 12.1 Å². The third kappa shape index (κ3) is 5.64. The number of anilines is 1. The van der Waals surface area contributed by atoms with Gasteiger partial charge in [0, 0.05) is 37.9 Å². The maximum Gasteiger partial charge on any atom is 0.253 e. The van der Waals surface area contributed by atoms with Crippen molar-refractivity contribution in [2.24, 2.45) is 0 Å². The highest BCUT2D eigenvalue weighted by Gasteiger charge is 2.19. The van der Waals surface area contributed by atoms with E-state index in [-0.39, 0.29) is 17.3 Å². The third-order valence-corrected chi connectivity index (χ3v) is 7.29. The summed E-state index contributed by atoms with van der Waals surface area (Å²) >= 11 is 0. The third-order valence-electron chi connectivity index (χ3n) is 5.87. The van der Waals surface area contributed by atoms with Gasteiger partial charge in [-0.1, -0.05) is 18.2 Å². The number of carbonyl (C=O) groups is 1. The molecular weight excluding hydrogens is 438 g/mol. The van der Waals surface area contributed by atoms with Gasteiger partial charge in [0.2, 0.25) is 10.0 Å². The standard InChI is InChI=1S/C25H29N3O4S/c1-27(19-21-8-3-4-10-24(21)28-15-5-2-6-16-28)25(29)20-11-13-23(14-12-20)33(30,31)26-18-22-9-7-17-32-22/h3-4,7-14,17,26H,2,5-6,15-16,18-19H2,1H3. The highest BCUT2D eigenvalue weighted by Crippen LogP contribution is 2.25. The molecular formula is C25H29N3O4S. The number of para-hydroxylation sites is 1. The predicted molar refractivity (Wildman–Crippen MR) is 127 cm³/mol. The lowest BCUT2D eigenvalue weighted by Crippen LogP contribution is -2.32. The molecule has 2 aromatic carbocycles. The van der Waals surface area contributed by atoms with Crippen LogP contribution in [0.4, 0.5) is 5.69 Å². The topological polar surface area (TPSA) is 82.9 Å². The Morgan fingerprint density at radius 3 is 2.42 bits per heavy atom. The van der Waals surface area contributed by atoms with Crippen LogP contribution in [0.2, 0.25) is 0 Å². The van der Waals surface area contributed by atoms with Crippen molar-refractivity contribution >= 4 is 21.6 Å². The number of furan rings is 1. The Morgan fingerprint density at radius 2 is 1.73 bits per heavy atom. The van der Waals surface area contributed by atoms with Gasteiger partial charge in [-0.15, -0.1) is 0 Å². The molecule has 0 aliphatic carbocycles. The van der Waals surface area contributed by atoms with Gasteiger partial charge in [-0.3, -0.25) is 4.79 Å². The maximum absolute atomic E-state index is 13.0. The summed E-state index contributed by atoms with van der Waals surface area (Å²) in [7, 11) is -1.94. The van der Waals surface area contributed by atoms with Crippen molar-refractivity contribution in [3.63, 3.8) is 0 Å². The van der Waals surface area contributed by atoms with Crippen LogP contribution in [0, 0.1) is 0 Å². The molecule has 1 aliphatic heterocycles. The number of nitrogens with one attached hydrogen (secondary N) is 1. The summed E-state index contributed by atoms with van der Waals surface area (Å²) in [4.78, 5) is 17.2. The van der Waals surface area contributed by atoms with Crippen LogP contribution in [-0.4, -0.2) is 39.4 Å². The Balaban J connectivity index is 1.42. The number of amides is 1. The smallest absolute Gasteiger partial charge is 0.253 e. The van der Waals surface area contributed by atoms with Gasteiger partial charge < -0.3 is 14.2 Å². The molecule has 0 unspecified atom stereocenters. The summed E-state index contributed by atoms with van der Waals surface area (Å²) < 4.78 is 32.7. The molecule has 0 radical (unpaired) electrons. The van der Waals surface area contributed by atoms with Crippen LogP contribution >= 0.6 is 0 Å². The lowest BCUT2D eigenvalue weighted by molar-refractivity contribution is 0.0785. The molecule has 1 saturated heterocycles. The predicted octanol–water partition coefficient (Wildman–Crippen LogP) is 4.02. The van der Waals surface area contributed by atoms with Gasteiger partial charge in [0.1, 0.15) is 5.76 Å². The molecule has 7 nitrogen and oxygen atoms in total. The zero-order valence-corrected chi connectivity index (χ0v) is 19.6. The lowest BCUT2D eigenvalue weighted by Gasteiger charge is -2.31. The highest BCUT2D eigenvalue weighted by molar-refractivity contribution is 7.89. The van der Waals surface area contributed by atoms with Crippen LogP contribution in [0.15, 0.2) is 76.2 Å². The summed E-state index contributed by atoms with van der Waals surface area (Å²) in [5, 5.41) is 0. The van der Waals surface area contributed by atoms with Crippen LogP contribution in [0.25, 0.3) is 0 Å². The number of rotatable bonds is 8. The van der Waals surface area contributed by atoms with E-state index in [4.69, 9.17) is 4.42 Å². The van der Waals surface area contributed by atoms with Crippen molar-refractivity contribution in [2.45, 2.75) is 37.2 Å². The van der Waals surface area contributed by atoms with E-state index in [1.165, 1.54) is 43.3 Å². The molecule has 2 heterocycles. The van der Waals surface area contributed by atoms with Crippen molar-refractivity contribution in [1.29, 1.82) is 0 Å². The first-order valence-corrected chi connectivity index (χ1v) is 12.6. The van der Waals surface area contributed by atoms with Crippen LogP contribution in [-0.2, 0) is 23.1 Å². The van der Waals surface area contributed by atoms with Crippen molar-refractivity contribution in [3.05, 3.63) is 83.8 Å². The second kappa shape index (κ2) is 10.2. The van der Waals surface area contributed by atoms with Gasteiger partial charge in [-0.25, -0.2) is 13.1 Å². The van der Waals surface area contributed by atoms with E-state index in [1.54, 1.807) is 36.2 Å². The first kappa shape index (κ1) is 23.1. The number of carbonyl (C=O) groups excluding carboxylic acids is 1. The van der Waals surface area contributed by atoms with E-state index < -0.39 is 10.0 Å². The number of benzene rings is 2. The maximum atomic E-state index is 13.0. The molecule has 8 heteroatoms. The van der Waals surface area contributed by atoms with Crippen LogP contribution in [0.5, 0.6) is 0 Å². The van der Waals surface area contributed by atoms with E-state index in [0.717, 1.165) is 18.7 Å². The Labute approximate surface area is 195 Å². The second-order valence-electron chi connectivity index (χ2n) is 8.27. The van der Waals surface area contributed by atoms with Gasteiger partial charge in [0.05, 0.1) is 17.7 Å². The Hall–Kier alpha value is -3.10. The molecule has 4 rings (SSSR count). The second-order valence-corrected chi connectivity index (χ2v) is 10.0. The summed E-state index contributed by atoms with van der Waals surface area (Å²) in [6, 6.07) is 17.6. The zero-order valence-electron chi connectivity index (χ0n) is 18.7. The van der Waals surface area contributed by atoms with Gasteiger partial charge in [0.15, 0.2) is 0 Å². The number of sulfonamides is 1. The average molecular weight is 468 g/mol. The minimum Gasteiger partial charge on any atom is -0.468 e. The van der Waals surface area contributed by atoms with Gasteiger partial charge in [-0.05, 0) is 67.3 Å². The largest absolute Gasteiger partial charge is 0.468 e. The van der Waals surface area contributed by atoms with Crippen LogP contribution in [0.1, 0.15) is 40.9 Å². The van der Waals surface area contributed by atoms with Crippen molar-refractivity contribution < 1.29 is 17.6 Å². The Kier molecular flexibility index (Phi) is 7.15. The number of hydrogen-bond donors (Lipinski definition) is 1. The molecule has 33 heavy (non-hydrogen) atoms. The Bertz CT molecular complexity index is 1170. The molecule has 0 bridgehead atoms. The molecule has 3 aromatic rings. The lowest BCUT2D eigenvalue weighted by atomic mass is 10.1. The fourth-order valence-electron chi connectivity index (χ4n) is 4.07. The van der Waals surface area contributed by atoms with Gasteiger partial charge >= 0.3 is 0 Å². The SMILES string of the molecule is CN(Cc1ccccc1N1CCCCC1)C(=O)c1ccc(S(=O)(=O)NCc2ccco2)cc1. The minimum absolute atomic E-state index is 0.0647. The van der Waals surface area contributed by atoms with Crippen molar-refractivity contribution in [3.8, 4) is 0 Å². The molecule has 174 valence electrons. The molecule has 0 saturated carbocycles. The summed E-state index contributed by atoms with van der Waals surface area (Å²) in [6.07, 6.45) is 5.13. The van der Waals surface area contributed by atoms with Gasteiger partial charge in [0.25, 0.3) is 5.91 Å². The molecule has 1 aromatic heterocycles. The average Bonchev–Trinajstić information content (AvgIpc) is 3.37. The number of piperidine rings is 1. The Morgan fingerprint density at radius 1 is 1.00 bits per heavy atom. The van der Waals surface area contributed by atoms with Crippen molar-refractivity contribution in [1.82, 2.24) is 9.62 Å². The fourth-order valence-corrected chi connectivity index (χ4v) is 5.07. The molecule has 0 atom stereocenters. The molecule has 1 fully saturated rings. The summed E-state index contributed by atoms with van der Waals surface area (Å²) in [5.41, 5.74) is 2.73. The zero-order chi connectivity index (χ0) is 23.3.